The third kappa shape index (κ3) is 2.96. The van der Waals surface area contributed by atoms with Gasteiger partial charge >= 0.3 is 5.97 Å². The number of carboxylic acids is 1. The standard InChI is InChI=1S/C15H16N6O3/c1-3-21-14-10(7-16-21)6-11(9(2)17-14)15(24)18-12-4-5-20(19-12)8-13(22)23/h4-7H,3,8H2,1-2H3,(H,22,23)(H,18,19,24). The number of carboxylic acid groups (broad SMARTS) is 1. The fraction of sp³-hybridized carbons (Fsp3) is 0.267. The Morgan fingerprint density at radius 2 is 2.17 bits per heavy atom. The maximum absolute atomic E-state index is 12.4. The average molecular weight is 328 g/mol. The highest BCUT2D eigenvalue weighted by Crippen LogP contribution is 2.17. The number of hydrogen-bond acceptors (Lipinski definition) is 5. The van der Waals surface area contributed by atoms with Gasteiger partial charge in [0.25, 0.3) is 5.91 Å². The van der Waals surface area contributed by atoms with Gasteiger partial charge in [-0.1, -0.05) is 0 Å². The summed E-state index contributed by atoms with van der Waals surface area (Å²) in [6, 6.07) is 3.28. The first-order chi connectivity index (χ1) is 11.5. The third-order valence-corrected chi connectivity index (χ3v) is 3.53. The van der Waals surface area contributed by atoms with E-state index in [0.717, 1.165) is 11.0 Å². The number of amides is 1. The number of aliphatic carboxylic acids is 1. The largest absolute Gasteiger partial charge is 0.480 e. The molecule has 0 atom stereocenters. The first-order valence-electron chi connectivity index (χ1n) is 7.37. The maximum atomic E-state index is 12.4. The lowest BCUT2D eigenvalue weighted by molar-refractivity contribution is -0.137. The lowest BCUT2D eigenvalue weighted by Crippen LogP contribution is -2.16. The normalized spacial score (nSPS) is 10.9. The van der Waals surface area contributed by atoms with E-state index in [1.807, 2.05) is 6.92 Å². The Bertz CT molecular complexity index is 927. The van der Waals surface area contributed by atoms with Gasteiger partial charge in [0.15, 0.2) is 11.5 Å². The molecule has 0 unspecified atom stereocenters. The van der Waals surface area contributed by atoms with Crippen molar-refractivity contribution in [3.8, 4) is 0 Å². The number of carbonyl (C=O) groups is 2. The molecule has 3 aromatic rings. The third-order valence-electron chi connectivity index (χ3n) is 3.53. The summed E-state index contributed by atoms with van der Waals surface area (Å²) in [7, 11) is 0. The molecule has 0 bridgehead atoms. The molecule has 0 aliphatic rings. The minimum Gasteiger partial charge on any atom is -0.480 e. The number of nitrogens with zero attached hydrogens (tertiary/aromatic N) is 5. The SMILES string of the molecule is CCn1ncc2cc(C(=O)Nc3ccn(CC(=O)O)n3)c(C)nc21. The fourth-order valence-electron chi connectivity index (χ4n) is 2.40. The van der Waals surface area contributed by atoms with Crippen molar-refractivity contribution in [1.29, 1.82) is 0 Å². The number of nitrogens with one attached hydrogen (secondary N) is 1. The van der Waals surface area contributed by atoms with E-state index in [4.69, 9.17) is 5.11 Å². The summed E-state index contributed by atoms with van der Waals surface area (Å²) in [6.07, 6.45) is 3.16. The predicted octanol–water partition coefficient (Wildman–Crippen LogP) is 1.29. The van der Waals surface area contributed by atoms with Crippen molar-refractivity contribution in [2.45, 2.75) is 26.9 Å². The molecule has 0 fully saturated rings. The molecular weight excluding hydrogens is 312 g/mol. The van der Waals surface area contributed by atoms with E-state index in [-0.39, 0.29) is 18.3 Å². The molecule has 2 N–H and O–H groups in total. The molecule has 0 radical (unpaired) electrons. The Labute approximate surface area is 136 Å². The van der Waals surface area contributed by atoms with E-state index in [9.17, 15) is 9.59 Å². The summed E-state index contributed by atoms with van der Waals surface area (Å²) >= 11 is 0. The van der Waals surface area contributed by atoms with Crippen LogP contribution >= 0.6 is 0 Å². The van der Waals surface area contributed by atoms with Crippen molar-refractivity contribution in [2.75, 3.05) is 5.32 Å². The molecule has 0 aliphatic heterocycles. The number of anilines is 1. The van der Waals surface area contributed by atoms with Crippen molar-refractivity contribution in [3.63, 3.8) is 0 Å². The number of hydrogen-bond donors (Lipinski definition) is 2. The topological polar surface area (TPSA) is 115 Å². The number of fused-ring (bicyclic) bond motifs is 1. The minimum absolute atomic E-state index is 0.265. The quantitative estimate of drug-likeness (QED) is 0.729. The fourth-order valence-corrected chi connectivity index (χ4v) is 2.40. The Balaban J connectivity index is 1.84. The summed E-state index contributed by atoms with van der Waals surface area (Å²) in [4.78, 5) is 27.5. The Kier molecular flexibility index (Phi) is 3.98. The lowest BCUT2D eigenvalue weighted by atomic mass is 10.1. The van der Waals surface area contributed by atoms with Crippen LogP contribution in [0, 0.1) is 6.92 Å². The molecule has 0 saturated carbocycles. The molecule has 0 saturated heterocycles. The number of aromatic nitrogens is 5. The summed E-state index contributed by atoms with van der Waals surface area (Å²) < 4.78 is 3.00. The van der Waals surface area contributed by atoms with Crippen LogP contribution in [0.3, 0.4) is 0 Å². The number of rotatable bonds is 5. The van der Waals surface area contributed by atoms with Crippen LogP contribution < -0.4 is 5.32 Å². The second kappa shape index (κ2) is 6.11. The van der Waals surface area contributed by atoms with Crippen LogP contribution in [0.5, 0.6) is 0 Å². The van der Waals surface area contributed by atoms with Gasteiger partial charge in [0.2, 0.25) is 0 Å². The second-order valence-electron chi connectivity index (χ2n) is 5.24. The molecule has 3 rings (SSSR count). The number of carbonyl (C=O) groups excluding carboxylic acids is 1. The van der Waals surface area contributed by atoms with Crippen molar-refractivity contribution < 1.29 is 14.7 Å². The van der Waals surface area contributed by atoms with Crippen molar-refractivity contribution in [1.82, 2.24) is 24.5 Å². The smallest absolute Gasteiger partial charge is 0.325 e. The highest BCUT2D eigenvalue weighted by Gasteiger charge is 2.15. The zero-order valence-corrected chi connectivity index (χ0v) is 13.2. The van der Waals surface area contributed by atoms with E-state index in [1.165, 1.54) is 16.9 Å². The van der Waals surface area contributed by atoms with Crippen LogP contribution in [-0.2, 0) is 17.9 Å². The van der Waals surface area contributed by atoms with Gasteiger partial charge in [0.05, 0.1) is 17.5 Å². The van der Waals surface area contributed by atoms with E-state index in [0.29, 0.717) is 17.8 Å². The molecule has 9 heteroatoms. The summed E-state index contributed by atoms with van der Waals surface area (Å²) in [6.45, 7) is 4.16. The Morgan fingerprint density at radius 3 is 2.88 bits per heavy atom. The molecule has 1 amide bonds. The summed E-state index contributed by atoms with van der Waals surface area (Å²) in [5.74, 6) is -1.08. The van der Waals surface area contributed by atoms with Gasteiger partial charge in [-0.3, -0.25) is 14.3 Å². The van der Waals surface area contributed by atoms with Gasteiger partial charge in [0, 0.05) is 24.2 Å². The molecule has 0 aliphatic carbocycles. The van der Waals surface area contributed by atoms with Crippen LogP contribution in [0.1, 0.15) is 23.0 Å². The molecular formula is C15H16N6O3. The highest BCUT2D eigenvalue weighted by molar-refractivity contribution is 6.06. The summed E-state index contributed by atoms with van der Waals surface area (Å²) in [5, 5.41) is 20.4. The van der Waals surface area contributed by atoms with Crippen LogP contribution in [0.25, 0.3) is 11.0 Å². The highest BCUT2D eigenvalue weighted by atomic mass is 16.4. The molecule has 3 aromatic heterocycles. The van der Waals surface area contributed by atoms with Crippen LogP contribution in [-0.4, -0.2) is 41.5 Å². The molecule has 3 heterocycles. The van der Waals surface area contributed by atoms with E-state index in [1.54, 1.807) is 23.9 Å². The minimum atomic E-state index is -1.01. The van der Waals surface area contributed by atoms with Gasteiger partial charge in [-0.15, -0.1) is 0 Å². The number of aryl methyl sites for hydroxylation is 2. The molecule has 0 spiro atoms. The van der Waals surface area contributed by atoms with Crippen LogP contribution in [0.2, 0.25) is 0 Å². The monoisotopic (exact) mass is 328 g/mol. The Hall–Kier alpha value is -3.23. The van der Waals surface area contributed by atoms with Gasteiger partial charge in [0.1, 0.15) is 6.54 Å². The first-order valence-corrected chi connectivity index (χ1v) is 7.37. The van der Waals surface area contributed by atoms with Crippen LogP contribution in [0.15, 0.2) is 24.5 Å². The van der Waals surface area contributed by atoms with Crippen molar-refractivity contribution in [3.05, 3.63) is 35.8 Å². The summed E-state index contributed by atoms with van der Waals surface area (Å²) in [5.41, 5.74) is 1.74. The lowest BCUT2D eigenvalue weighted by Gasteiger charge is -2.06. The van der Waals surface area contributed by atoms with Gasteiger partial charge in [-0.25, -0.2) is 9.67 Å². The Morgan fingerprint density at radius 1 is 1.38 bits per heavy atom. The molecule has 124 valence electrons. The number of pyridine rings is 1. The molecule has 0 aromatic carbocycles. The average Bonchev–Trinajstić information content (AvgIpc) is 3.12. The maximum Gasteiger partial charge on any atom is 0.325 e. The molecule has 24 heavy (non-hydrogen) atoms. The van der Waals surface area contributed by atoms with Crippen molar-refractivity contribution in [2.24, 2.45) is 0 Å². The van der Waals surface area contributed by atoms with E-state index < -0.39 is 5.97 Å². The molecule has 9 nitrogen and oxygen atoms in total. The first kappa shape index (κ1) is 15.7. The zero-order chi connectivity index (χ0) is 17.3. The van der Waals surface area contributed by atoms with Gasteiger partial charge in [-0.2, -0.15) is 10.2 Å². The van der Waals surface area contributed by atoms with E-state index >= 15 is 0 Å². The predicted molar refractivity (Wildman–Crippen MR) is 85.8 cm³/mol. The van der Waals surface area contributed by atoms with Crippen molar-refractivity contribution >= 4 is 28.7 Å². The second-order valence-corrected chi connectivity index (χ2v) is 5.24. The van der Waals surface area contributed by atoms with Gasteiger partial charge in [-0.05, 0) is 19.9 Å². The van der Waals surface area contributed by atoms with E-state index in [2.05, 4.69) is 20.5 Å². The van der Waals surface area contributed by atoms with Crippen LogP contribution in [0.4, 0.5) is 5.82 Å². The zero-order valence-electron chi connectivity index (χ0n) is 13.2. The van der Waals surface area contributed by atoms with Gasteiger partial charge < -0.3 is 10.4 Å².